The zero-order valence-electron chi connectivity index (χ0n) is 10.6. The van der Waals surface area contributed by atoms with Gasteiger partial charge in [-0.25, -0.2) is 4.79 Å². The number of amides is 1. The van der Waals surface area contributed by atoms with Crippen molar-refractivity contribution in [2.24, 2.45) is 0 Å². The standard InChI is InChI=1S/C12H15N3O4/c1-13-6-8-14(9-7-13)12(16)19-11-4-2-10(3-5-11)15(17)18/h2-5H,6-9H2,1H3. The summed E-state index contributed by atoms with van der Waals surface area (Å²) in [5.41, 5.74) is -0.0283. The first-order valence-corrected chi connectivity index (χ1v) is 5.96. The van der Waals surface area contributed by atoms with E-state index < -0.39 is 11.0 Å². The van der Waals surface area contributed by atoms with Gasteiger partial charge in [-0.3, -0.25) is 10.1 Å². The van der Waals surface area contributed by atoms with Crippen molar-refractivity contribution in [1.82, 2.24) is 9.80 Å². The van der Waals surface area contributed by atoms with Gasteiger partial charge in [-0.2, -0.15) is 0 Å². The van der Waals surface area contributed by atoms with E-state index in [1.54, 1.807) is 4.90 Å². The molecule has 19 heavy (non-hydrogen) atoms. The molecule has 0 radical (unpaired) electrons. The molecule has 1 aliphatic rings. The molecule has 7 nitrogen and oxygen atoms in total. The van der Waals surface area contributed by atoms with Crippen LogP contribution in [0.25, 0.3) is 0 Å². The predicted octanol–water partition coefficient (Wildman–Crippen LogP) is 1.34. The fraction of sp³-hybridized carbons (Fsp3) is 0.417. The highest BCUT2D eigenvalue weighted by atomic mass is 16.6. The monoisotopic (exact) mass is 265 g/mol. The van der Waals surface area contributed by atoms with E-state index in [0.717, 1.165) is 13.1 Å². The number of ether oxygens (including phenoxy) is 1. The number of carbonyl (C=O) groups is 1. The number of likely N-dealkylation sites (N-methyl/N-ethyl adjacent to an activating group) is 1. The van der Waals surface area contributed by atoms with Crippen LogP contribution < -0.4 is 4.74 Å². The van der Waals surface area contributed by atoms with Gasteiger partial charge in [-0.05, 0) is 19.2 Å². The van der Waals surface area contributed by atoms with Crippen molar-refractivity contribution in [3.05, 3.63) is 34.4 Å². The maximum atomic E-state index is 11.8. The van der Waals surface area contributed by atoms with Crippen LogP contribution in [0.3, 0.4) is 0 Å². The van der Waals surface area contributed by atoms with Crippen LogP contribution in [0.5, 0.6) is 5.75 Å². The third kappa shape index (κ3) is 3.41. The summed E-state index contributed by atoms with van der Waals surface area (Å²) in [4.78, 5) is 25.6. The maximum Gasteiger partial charge on any atom is 0.415 e. The minimum atomic E-state index is -0.494. The lowest BCUT2D eigenvalue weighted by molar-refractivity contribution is -0.384. The maximum absolute atomic E-state index is 11.8. The fourth-order valence-electron chi connectivity index (χ4n) is 1.79. The number of nitrogens with zero attached hydrogens (tertiary/aromatic N) is 3. The van der Waals surface area contributed by atoms with Gasteiger partial charge >= 0.3 is 6.09 Å². The number of hydrogen-bond acceptors (Lipinski definition) is 5. The molecule has 0 aromatic heterocycles. The van der Waals surface area contributed by atoms with Crippen LogP contribution in [0.4, 0.5) is 10.5 Å². The van der Waals surface area contributed by atoms with Crippen LogP contribution in [-0.4, -0.2) is 54.0 Å². The third-order valence-electron chi connectivity index (χ3n) is 3.01. The fourth-order valence-corrected chi connectivity index (χ4v) is 1.79. The predicted molar refractivity (Wildman–Crippen MR) is 68.2 cm³/mol. The molecule has 1 fully saturated rings. The Hall–Kier alpha value is -2.15. The number of carbonyl (C=O) groups excluding carboxylic acids is 1. The smallest absolute Gasteiger partial charge is 0.410 e. The molecule has 0 atom stereocenters. The molecule has 0 spiro atoms. The van der Waals surface area contributed by atoms with Crippen molar-refractivity contribution in [3.63, 3.8) is 0 Å². The number of non-ortho nitro benzene ring substituents is 1. The first-order chi connectivity index (χ1) is 9.06. The highest BCUT2D eigenvalue weighted by Gasteiger charge is 2.20. The Labute approximate surface area is 110 Å². The van der Waals surface area contributed by atoms with Crippen molar-refractivity contribution in [2.75, 3.05) is 33.2 Å². The van der Waals surface area contributed by atoms with Crippen LogP contribution in [0, 0.1) is 10.1 Å². The van der Waals surface area contributed by atoms with E-state index in [1.165, 1.54) is 24.3 Å². The van der Waals surface area contributed by atoms with E-state index in [-0.39, 0.29) is 5.69 Å². The van der Waals surface area contributed by atoms with Crippen molar-refractivity contribution in [2.45, 2.75) is 0 Å². The highest BCUT2D eigenvalue weighted by molar-refractivity contribution is 5.70. The molecule has 102 valence electrons. The average Bonchev–Trinajstić information content (AvgIpc) is 2.40. The first-order valence-electron chi connectivity index (χ1n) is 5.96. The van der Waals surface area contributed by atoms with Gasteiger partial charge in [0, 0.05) is 38.3 Å². The molecule has 7 heteroatoms. The lowest BCUT2D eigenvalue weighted by Crippen LogP contribution is -2.48. The Kier molecular flexibility index (Phi) is 3.96. The molecule has 1 aromatic carbocycles. The number of rotatable bonds is 2. The Morgan fingerprint density at radius 1 is 1.21 bits per heavy atom. The first kappa shape index (κ1) is 13.3. The van der Waals surface area contributed by atoms with E-state index in [0.29, 0.717) is 18.8 Å². The summed E-state index contributed by atoms with van der Waals surface area (Å²) in [7, 11) is 2.00. The molecule has 1 amide bonds. The Morgan fingerprint density at radius 2 is 1.79 bits per heavy atom. The number of nitro benzene ring substituents is 1. The lowest BCUT2D eigenvalue weighted by Gasteiger charge is -2.31. The molecule has 1 aliphatic heterocycles. The summed E-state index contributed by atoms with van der Waals surface area (Å²) in [6, 6.07) is 5.47. The third-order valence-corrected chi connectivity index (χ3v) is 3.01. The zero-order chi connectivity index (χ0) is 13.8. The summed E-state index contributed by atoms with van der Waals surface area (Å²) in [5, 5.41) is 10.5. The van der Waals surface area contributed by atoms with Gasteiger partial charge in [0.1, 0.15) is 5.75 Å². The van der Waals surface area contributed by atoms with Crippen LogP contribution in [0.2, 0.25) is 0 Å². The van der Waals surface area contributed by atoms with Gasteiger partial charge in [0.15, 0.2) is 0 Å². The van der Waals surface area contributed by atoms with Gasteiger partial charge in [0.05, 0.1) is 4.92 Å². The second kappa shape index (κ2) is 5.66. The van der Waals surface area contributed by atoms with E-state index in [2.05, 4.69) is 4.90 Å². The lowest BCUT2D eigenvalue weighted by atomic mass is 10.3. The summed E-state index contributed by atoms with van der Waals surface area (Å²) in [6.07, 6.45) is -0.415. The molecule has 1 aromatic rings. The van der Waals surface area contributed by atoms with E-state index >= 15 is 0 Å². The molecule has 2 rings (SSSR count). The molecule has 0 aliphatic carbocycles. The minimum Gasteiger partial charge on any atom is -0.410 e. The summed E-state index contributed by atoms with van der Waals surface area (Å²) < 4.78 is 5.17. The molecule has 0 N–H and O–H groups in total. The number of nitro groups is 1. The number of piperazine rings is 1. The Balaban J connectivity index is 1.93. The molecule has 1 saturated heterocycles. The number of benzene rings is 1. The Morgan fingerprint density at radius 3 is 2.32 bits per heavy atom. The minimum absolute atomic E-state index is 0.0283. The highest BCUT2D eigenvalue weighted by Crippen LogP contribution is 2.18. The van der Waals surface area contributed by atoms with Gasteiger partial charge in [0.2, 0.25) is 0 Å². The molecule has 0 bridgehead atoms. The van der Waals surface area contributed by atoms with Crippen molar-refractivity contribution >= 4 is 11.8 Å². The van der Waals surface area contributed by atoms with Gasteiger partial charge in [-0.1, -0.05) is 0 Å². The summed E-state index contributed by atoms with van der Waals surface area (Å²) in [5.74, 6) is 0.314. The van der Waals surface area contributed by atoms with Crippen molar-refractivity contribution in [1.29, 1.82) is 0 Å². The SMILES string of the molecule is CN1CCN(C(=O)Oc2ccc([N+](=O)[O-])cc2)CC1. The molecular weight excluding hydrogens is 250 g/mol. The second-order valence-corrected chi connectivity index (χ2v) is 4.41. The largest absolute Gasteiger partial charge is 0.415 e. The van der Waals surface area contributed by atoms with Crippen LogP contribution in [-0.2, 0) is 0 Å². The summed E-state index contributed by atoms with van der Waals surface area (Å²) in [6.45, 7) is 2.88. The topological polar surface area (TPSA) is 75.9 Å². The average molecular weight is 265 g/mol. The van der Waals surface area contributed by atoms with E-state index in [4.69, 9.17) is 4.74 Å². The normalized spacial score (nSPS) is 16.2. The van der Waals surface area contributed by atoms with Gasteiger partial charge < -0.3 is 14.5 Å². The van der Waals surface area contributed by atoms with Crippen molar-refractivity contribution in [3.8, 4) is 5.75 Å². The quantitative estimate of drug-likeness (QED) is 0.595. The molecule has 0 unspecified atom stereocenters. The molecule has 0 saturated carbocycles. The summed E-state index contributed by atoms with van der Waals surface area (Å²) >= 11 is 0. The van der Waals surface area contributed by atoms with E-state index in [1.807, 2.05) is 7.05 Å². The zero-order valence-corrected chi connectivity index (χ0v) is 10.6. The van der Waals surface area contributed by atoms with Crippen molar-refractivity contribution < 1.29 is 14.5 Å². The molecular formula is C12H15N3O4. The second-order valence-electron chi connectivity index (χ2n) is 4.41. The van der Waals surface area contributed by atoms with Gasteiger partial charge in [0.25, 0.3) is 5.69 Å². The van der Waals surface area contributed by atoms with Crippen LogP contribution >= 0.6 is 0 Å². The van der Waals surface area contributed by atoms with Crippen LogP contribution in [0.15, 0.2) is 24.3 Å². The van der Waals surface area contributed by atoms with Gasteiger partial charge in [-0.15, -0.1) is 0 Å². The Bertz CT molecular complexity index is 466. The van der Waals surface area contributed by atoms with Crippen LogP contribution in [0.1, 0.15) is 0 Å². The molecule has 1 heterocycles. The number of hydrogen-bond donors (Lipinski definition) is 0. The van der Waals surface area contributed by atoms with E-state index in [9.17, 15) is 14.9 Å².